The van der Waals surface area contributed by atoms with Crippen LogP contribution in [-0.2, 0) is 11.0 Å². The highest BCUT2D eigenvalue weighted by molar-refractivity contribution is 7.99. The number of fused-ring (bicyclic) bond motifs is 1. The van der Waals surface area contributed by atoms with Gasteiger partial charge in [0.15, 0.2) is 5.82 Å². The minimum absolute atomic E-state index is 0.0282. The Balaban J connectivity index is 1.50. The molecule has 1 saturated heterocycles. The summed E-state index contributed by atoms with van der Waals surface area (Å²) in [6.45, 7) is 4.13. The van der Waals surface area contributed by atoms with Crippen molar-refractivity contribution in [3.63, 3.8) is 0 Å². The molecule has 0 unspecified atom stereocenters. The van der Waals surface area contributed by atoms with Crippen molar-refractivity contribution < 1.29 is 31.5 Å². The number of nitrogens with one attached hydrogen (secondary N) is 2. The summed E-state index contributed by atoms with van der Waals surface area (Å²) in [5.41, 5.74) is -5.28. The van der Waals surface area contributed by atoms with Crippen LogP contribution in [0.3, 0.4) is 0 Å². The number of hydrogen-bond donors (Lipinski definition) is 2. The van der Waals surface area contributed by atoms with Crippen LogP contribution in [0.2, 0.25) is 0 Å². The van der Waals surface area contributed by atoms with Crippen molar-refractivity contribution in [1.29, 1.82) is 0 Å². The summed E-state index contributed by atoms with van der Waals surface area (Å²) >= 11 is 0.951. The number of alkyl halides is 3. The van der Waals surface area contributed by atoms with Crippen LogP contribution < -0.4 is 21.0 Å². The summed E-state index contributed by atoms with van der Waals surface area (Å²) in [4.78, 5) is 53.9. The Morgan fingerprint density at radius 2 is 1.75 bits per heavy atom. The lowest BCUT2D eigenvalue weighted by molar-refractivity contribution is -0.137. The molecular weight excluding hydrogens is 661 g/mol. The van der Waals surface area contributed by atoms with E-state index in [4.69, 9.17) is 4.74 Å². The predicted octanol–water partition coefficient (Wildman–Crippen LogP) is 4.49. The molecule has 0 spiro atoms. The molecule has 0 bridgehead atoms. The van der Waals surface area contributed by atoms with Gasteiger partial charge in [-0.1, -0.05) is 6.58 Å². The number of thioether (sulfide) groups is 1. The third kappa shape index (κ3) is 5.27. The van der Waals surface area contributed by atoms with E-state index in [9.17, 15) is 18.8 Å². The molecule has 5 heterocycles. The number of imidazole rings is 1. The number of benzene rings is 2. The molecule has 0 radical (unpaired) electrons. The maximum atomic E-state index is 15.7. The van der Waals surface area contributed by atoms with E-state index in [1.54, 1.807) is 17.0 Å². The number of aromatic nitrogens is 5. The van der Waals surface area contributed by atoms with E-state index >= 15 is 17.6 Å². The number of aromatic amines is 2. The smallest absolute Gasteiger partial charge is 0.417 e. The van der Waals surface area contributed by atoms with Crippen LogP contribution in [-0.4, -0.2) is 73.8 Å². The van der Waals surface area contributed by atoms with Gasteiger partial charge in [0, 0.05) is 71.8 Å². The lowest BCUT2D eigenvalue weighted by Gasteiger charge is -2.37. The van der Waals surface area contributed by atoms with Crippen LogP contribution in [0.5, 0.6) is 5.75 Å². The summed E-state index contributed by atoms with van der Waals surface area (Å²) in [7, 11) is 0. The van der Waals surface area contributed by atoms with Gasteiger partial charge in [0.1, 0.15) is 29.5 Å². The van der Waals surface area contributed by atoms with Crippen LogP contribution in [0, 0.1) is 11.6 Å². The Labute approximate surface area is 271 Å². The highest BCUT2D eigenvalue weighted by Gasteiger charge is 2.41. The quantitative estimate of drug-likeness (QED) is 0.198. The van der Waals surface area contributed by atoms with Gasteiger partial charge in [0.2, 0.25) is 5.91 Å². The third-order valence-corrected chi connectivity index (χ3v) is 9.59. The molecule has 5 aromatic rings. The Bertz CT molecular complexity index is 2230. The fourth-order valence-corrected chi connectivity index (χ4v) is 7.50. The van der Waals surface area contributed by atoms with E-state index in [2.05, 4.69) is 26.5 Å². The molecule has 248 valence electrons. The molecule has 2 aliphatic rings. The number of halogens is 5. The van der Waals surface area contributed by atoms with Crippen molar-refractivity contribution in [3.8, 4) is 16.9 Å². The molecule has 2 N–H and O–H groups in total. The van der Waals surface area contributed by atoms with Crippen molar-refractivity contribution in [2.75, 3.05) is 43.4 Å². The Hall–Kier alpha value is -5.19. The Kier molecular flexibility index (Phi) is 7.72. The zero-order chi connectivity index (χ0) is 33.9. The molecule has 2 aliphatic heterocycles. The first-order valence-corrected chi connectivity index (χ1v) is 15.6. The standard InChI is InChI=1S/C31H24F5N7O4S/c1-2-21(44)41-7-9-42(10-8-41)28-17-11-18(31(34,35)36)22(23-19(32)12-20(33)24-25(23)39-29(45)38-24)27-26(17)43(30(46)40-28)15(14-48-27)13-47-16-3-5-37-6-4-16/h2-6,11-12,15H,1,7-10,13-14H2,(H2,38,39,45)/t15-/m0/s1. The number of anilines is 1. The number of piperazine rings is 1. The summed E-state index contributed by atoms with van der Waals surface area (Å²) in [6.07, 6.45) is -0.886. The molecule has 7 rings (SSSR count). The van der Waals surface area contributed by atoms with Crippen molar-refractivity contribution in [3.05, 3.63) is 87.5 Å². The van der Waals surface area contributed by atoms with Crippen LogP contribution in [0.25, 0.3) is 33.1 Å². The van der Waals surface area contributed by atoms with Gasteiger partial charge in [-0.25, -0.2) is 18.4 Å². The largest absolute Gasteiger partial charge is 0.491 e. The number of hydrogen-bond acceptors (Lipinski definition) is 8. The zero-order valence-electron chi connectivity index (χ0n) is 24.7. The fraction of sp³-hybridized carbons (Fsp3) is 0.258. The first kappa shape index (κ1) is 31.4. The molecule has 17 heteroatoms. The molecule has 11 nitrogen and oxygen atoms in total. The summed E-state index contributed by atoms with van der Waals surface area (Å²) in [5, 5.41) is -0.0355. The number of nitrogens with zero attached hydrogens (tertiary/aromatic N) is 5. The molecule has 1 fully saturated rings. The van der Waals surface area contributed by atoms with E-state index in [1.807, 2.05) is 0 Å². The van der Waals surface area contributed by atoms with Gasteiger partial charge in [-0.15, -0.1) is 11.8 Å². The van der Waals surface area contributed by atoms with E-state index in [0.717, 1.165) is 23.9 Å². The topological polar surface area (TPSA) is 129 Å². The van der Waals surface area contributed by atoms with Gasteiger partial charge in [-0.2, -0.15) is 18.2 Å². The molecule has 3 aromatic heterocycles. The van der Waals surface area contributed by atoms with Gasteiger partial charge in [-0.3, -0.25) is 14.3 Å². The summed E-state index contributed by atoms with van der Waals surface area (Å²) in [5.74, 6) is -2.39. The molecule has 0 aliphatic carbocycles. The van der Waals surface area contributed by atoms with Crippen molar-refractivity contribution in [2.45, 2.75) is 17.1 Å². The average Bonchev–Trinajstić information content (AvgIpc) is 3.47. The number of carbonyl (C=O) groups is 1. The van der Waals surface area contributed by atoms with Crippen LogP contribution in [0.1, 0.15) is 11.6 Å². The Morgan fingerprint density at radius 3 is 2.44 bits per heavy atom. The second kappa shape index (κ2) is 11.8. The molecular formula is C31H24F5N7O4S. The van der Waals surface area contributed by atoms with E-state index in [1.165, 1.54) is 21.9 Å². The molecule has 0 saturated carbocycles. The van der Waals surface area contributed by atoms with Crippen molar-refractivity contribution in [2.24, 2.45) is 0 Å². The van der Waals surface area contributed by atoms with Crippen molar-refractivity contribution >= 4 is 45.4 Å². The normalized spacial score (nSPS) is 16.5. The monoisotopic (exact) mass is 685 g/mol. The molecule has 2 aromatic carbocycles. The number of carbonyl (C=O) groups excluding carboxylic acids is 1. The van der Waals surface area contributed by atoms with Gasteiger partial charge >= 0.3 is 17.6 Å². The van der Waals surface area contributed by atoms with Gasteiger partial charge < -0.3 is 24.5 Å². The van der Waals surface area contributed by atoms with Crippen LogP contribution >= 0.6 is 11.8 Å². The highest BCUT2D eigenvalue weighted by atomic mass is 32.2. The fourth-order valence-electron chi connectivity index (χ4n) is 6.19. The van der Waals surface area contributed by atoms with E-state index in [0.29, 0.717) is 11.8 Å². The minimum atomic E-state index is -5.07. The maximum Gasteiger partial charge on any atom is 0.417 e. The SMILES string of the molecule is C=CC(=O)N1CCN(c2nc(=O)n3c4c(c(-c5c(F)cc(F)c6[nH]c(=O)[nH]c56)c(C(F)(F)F)cc24)SC[C@@H]3COc2ccncc2)CC1. The number of amides is 1. The molecule has 48 heavy (non-hydrogen) atoms. The average molecular weight is 686 g/mol. The second-order valence-corrected chi connectivity index (χ2v) is 12.2. The lowest BCUT2D eigenvalue weighted by atomic mass is 9.94. The number of ether oxygens (including phenoxy) is 1. The van der Waals surface area contributed by atoms with Gasteiger partial charge in [0.25, 0.3) is 0 Å². The number of rotatable bonds is 6. The summed E-state index contributed by atoms with van der Waals surface area (Å²) in [6, 6.07) is 3.71. The van der Waals surface area contributed by atoms with Gasteiger partial charge in [0.05, 0.1) is 22.6 Å². The Morgan fingerprint density at radius 1 is 1.04 bits per heavy atom. The number of pyridine rings is 1. The predicted molar refractivity (Wildman–Crippen MR) is 167 cm³/mol. The highest BCUT2D eigenvalue weighted by Crippen LogP contribution is 2.51. The van der Waals surface area contributed by atoms with E-state index in [-0.39, 0.29) is 66.1 Å². The zero-order valence-corrected chi connectivity index (χ0v) is 25.6. The van der Waals surface area contributed by atoms with Crippen molar-refractivity contribution in [1.82, 2.24) is 29.4 Å². The second-order valence-electron chi connectivity index (χ2n) is 11.1. The minimum Gasteiger partial charge on any atom is -0.491 e. The first-order valence-electron chi connectivity index (χ1n) is 14.6. The van der Waals surface area contributed by atoms with Crippen LogP contribution in [0.15, 0.2) is 63.8 Å². The summed E-state index contributed by atoms with van der Waals surface area (Å²) < 4.78 is 82.8. The molecule has 1 amide bonds. The molecule has 1 atom stereocenters. The first-order chi connectivity index (χ1) is 23.0. The van der Waals surface area contributed by atoms with Crippen LogP contribution in [0.4, 0.5) is 27.8 Å². The maximum absolute atomic E-state index is 15.7. The van der Waals surface area contributed by atoms with Gasteiger partial charge in [-0.05, 0) is 24.3 Å². The lowest BCUT2D eigenvalue weighted by Crippen LogP contribution is -2.49. The third-order valence-electron chi connectivity index (χ3n) is 8.35. The van der Waals surface area contributed by atoms with E-state index < -0.39 is 63.0 Å². The number of H-pyrrole nitrogens is 2.